The SMILES string of the molecule is CC(Sc1ccc([N+](=O)[O-])cc1)C(=O)Nc1cccc(OCc2cn3ccccc3n2)c1. The molecule has 0 aliphatic rings. The lowest BCUT2D eigenvalue weighted by Gasteiger charge is -2.13. The molecule has 162 valence electrons. The Hall–Kier alpha value is -3.85. The second-order valence-corrected chi connectivity index (χ2v) is 8.43. The Bertz CT molecular complexity index is 1220. The molecule has 0 saturated heterocycles. The number of non-ortho nitro benzene ring substituents is 1. The van der Waals surface area contributed by atoms with E-state index in [0.29, 0.717) is 18.0 Å². The smallest absolute Gasteiger partial charge is 0.269 e. The highest BCUT2D eigenvalue weighted by Crippen LogP contribution is 2.27. The van der Waals surface area contributed by atoms with Gasteiger partial charge >= 0.3 is 0 Å². The lowest BCUT2D eigenvalue weighted by molar-refractivity contribution is -0.384. The molecule has 0 aliphatic heterocycles. The van der Waals surface area contributed by atoms with Crippen LogP contribution in [0.25, 0.3) is 5.65 Å². The molecule has 4 rings (SSSR count). The van der Waals surface area contributed by atoms with E-state index in [9.17, 15) is 14.9 Å². The number of hydrogen-bond donors (Lipinski definition) is 1. The van der Waals surface area contributed by atoms with Crippen molar-refractivity contribution in [1.29, 1.82) is 0 Å². The fourth-order valence-corrected chi connectivity index (χ4v) is 3.89. The summed E-state index contributed by atoms with van der Waals surface area (Å²) in [5.74, 6) is 0.446. The standard InChI is InChI=1S/C23H20N4O4S/c1-16(32-21-10-8-19(9-11-21)27(29)30)23(28)25-17-5-4-6-20(13-17)31-15-18-14-26-12-3-2-7-22(26)24-18/h2-14,16H,15H2,1H3,(H,25,28). The number of aromatic nitrogens is 2. The van der Waals surface area contributed by atoms with E-state index in [1.165, 1.54) is 23.9 Å². The molecule has 1 N–H and O–H groups in total. The number of thioether (sulfide) groups is 1. The van der Waals surface area contributed by atoms with Crippen molar-refractivity contribution in [2.24, 2.45) is 0 Å². The van der Waals surface area contributed by atoms with Gasteiger partial charge in [0, 0.05) is 41.2 Å². The summed E-state index contributed by atoms with van der Waals surface area (Å²) in [6, 6.07) is 19.1. The Morgan fingerprint density at radius 1 is 1.19 bits per heavy atom. The fraction of sp³-hybridized carbons (Fsp3) is 0.130. The van der Waals surface area contributed by atoms with E-state index in [0.717, 1.165) is 16.2 Å². The molecule has 9 heteroatoms. The monoisotopic (exact) mass is 448 g/mol. The number of nitrogens with zero attached hydrogens (tertiary/aromatic N) is 3. The zero-order valence-corrected chi connectivity index (χ0v) is 18.0. The van der Waals surface area contributed by atoms with Gasteiger partial charge in [-0.05, 0) is 43.3 Å². The minimum atomic E-state index is -0.450. The molecular formula is C23H20N4O4S. The number of nitrogens with one attached hydrogen (secondary N) is 1. The summed E-state index contributed by atoms with van der Waals surface area (Å²) in [4.78, 5) is 28.2. The quantitative estimate of drug-likeness (QED) is 0.233. The molecule has 0 radical (unpaired) electrons. The second-order valence-electron chi connectivity index (χ2n) is 7.02. The average molecular weight is 449 g/mol. The fourth-order valence-electron chi connectivity index (χ4n) is 3.03. The van der Waals surface area contributed by atoms with Gasteiger partial charge in [0.2, 0.25) is 5.91 Å². The minimum absolute atomic E-state index is 0.0203. The molecule has 32 heavy (non-hydrogen) atoms. The molecule has 2 heterocycles. The normalized spacial score (nSPS) is 11.8. The van der Waals surface area contributed by atoms with Crippen molar-refractivity contribution in [1.82, 2.24) is 9.38 Å². The largest absolute Gasteiger partial charge is 0.487 e. The van der Waals surface area contributed by atoms with Crippen LogP contribution in [-0.4, -0.2) is 25.5 Å². The van der Waals surface area contributed by atoms with E-state index < -0.39 is 4.92 Å². The van der Waals surface area contributed by atoms with Crippen molar-refractivity contribution >= 4 is 34.7 Å². The number of nitro groups is 1. The summed E-state index contributed by atoms with van der Waals surface area (Å²) in [5, 5.41) is 13.3. The van der Waals surface area contributed by atoms with Gasteiger partial charge < -0.3 is 14.5 Å². The van der Waals surface area contributed by atoms with Crippen molar-refractivity contribution in [3.8, 4) is 5.75 Å². The first kappa shape index (κ1) is 21.4. The second kappa shape index (κ2) is 9.52. The molecule has 1 amide bonds. The van der Waals surface area contributed by atoms with Gasteiger partial charge in [0.05, 0.1) is 15.9 Å². The number of pyridine rings is 1. The summed E-state index contributed by atoms with van der Waals surface area (Å²) < 4.78 is 7.77. The number of carbonyl (C=O) groups is 1. The van der Waals surface area contributed by atoms with Crippen LogP contribution in [-0.2, 0) is 11.4 Å². The minimum Gasteiger partial charge on any atom is -0.487 e. The summed E-state index contributed by atoms with van der Waals surface area (Å²) >= 11 is 1.33. The van der Waals surface area contributed by atoms with E-state index in [1.807, 2.05) is 47.1 Å². The van der Waals surface area contributed by atoms with Crippen LogP contribution in [0.4, 0.5) is 11.4 Å². The zero-order chi connectivity index (χ0) is 22.5. The predicted octanol–water partition coefficient (Wildman–Crippen LogP) is 4.94. The van der Waals surface area contributed by atoms with Crippen LogP contribution in [0, 0.1) is 10.1 Å². The Morgan fingerprint density at radius 2 is 2.00 bits per heavy atom. The van der Waals surface area contributed by atoms with Crippen molar-refractivity contribution in [3.63, 3.8) is 0 Å². The lowest BCUT2D eigenvalue weighted by Crippen LogP contribution is -2.22. The summed E-state index contributed by atoms with van der Waals surface area (Å²) in [5.41, 5.74) is 2.30. The number of fused-ring (bicyclic) bond motifs is 1. The summed E-state index contributed by atoms with van der Waals surface area (Å²) in [6.45, 7) is 2.09. The Morgan fingerprint density at radius 3 is 2.75 bits per heavy atom. The molecule has 4 aromatic rings. The molecule has 0 bridgehead atoms. The summed E-state index contributed by atoms with van der Waals surface area (Å²) in [7, 11) is 0. The number of imidazole rings is 1. The van der Waals surface area contributed by atoms with Gasteiger partial charge in [-0.1, -0.05) is 12.1 Å². The molecule has 1 atom stereocenters. The highest BCUT2D eigenvalue weighted by Gasteiger charge is 2.16. The first-order valence-corrected chi connectivity index (χ1v) is 10.7. The zero-order valence-electron chi connectivity index (χ0n) is 17.2. The number of ether oxygens (including phenoxy) is 1. The van der Waals surface area contributed by atoms with Crippen LogP contribution in [0.1, 0.15) is 12.6 Å². The highest BCUT2D eigenvalue weighted by molar-refractivity contribution is 8.00. The van der Waals surface area contributed by atoms with Crippen molar-refractivity contribution < 1.29 is 14.5 Å². The third-order valence-corrected chi connectivity index (χ3v) is 5.74. The van der Waals surface area contributed by atoms with Gasteiger partial charge in [-0.15, -0.1) is 11.8 Å². The van der Waals surface area contributed by atoms with E-state index in [2.05, 4.69) is 10.3 Å². The predicted molar refractivity (Wildman–Crippen MR) is 123 cm³/mol. The average Bonchev–Trinajstić information content (AvgIpc) is 3.21. The number of benzene rings is 2. The molecule has 0 fully saturated rings. The van der Waals surface area contributed by atoms with E-state index in [-0.39, 0.29) is 16.8 Å². The molecule has 1 unspecified atom stereocenters. The van der Waals surface area contributed by atoms with Crippen LogP contribution in [0.2, 0.25) is 0 Å². The molecular weight excluding hydrogens is 428 g/mol. The number of hydrogen-bond acceptors (Lipinski definition) is 6. The number of anilines is 1. The van der Waals surface area contributed by atoms with Crippen LogP contribution >= 0.6 is 11.8 Å². The van der Waals surface area contributed by atoms with Crippen molar-refractivity contribution in [2.75, 3.05) is 5.32 Å². The van der Waals surface area contributed by atoms with Crippen LogP contribution in [0.15, 0.2) is 84.0 Å². The maximum atomic E-state index is 12.6. The van der Waals surface area contributed by atoms with Gasteiger partial charge in [0.25, 0.3) is 5.69 Å². The first-order chi connectivity index (χ1) is 15.5. The van der Waals surface area contributed by atoms with Gasteiger partial charge in [0.1, 0.15) is 18.0 Å². The lowest BCUT2D eigenvalue weighted by atomic mass is 10.3. The van der Waals surface area contributed by atoms with Gasteiger partial charge in [-0.2, -0.15) is 0 Å². The number of carbonyl (C=O) groups excluding carboxylic acids is 1. The molecule has 0 aliphatic carbocycles. The van der Waals surface area contributed by atoms with E-state index in [1.54, 1.807) is 31.2 Å². The van der Waals surface area contributed by atoms with Gasteiger partial charge in [-0.25, -0.2) is 4.98 Å². The van der Waals surface area contributed by atoms with E-state index >= 15 is 0 Å². The van der Waals surface area contributed by atoms with Crippen LogP contribution in [0.5, 0.6) is 5.75 Å². The van der Waals surface area contributed by atoms with Crippen LogP contribution < -0.4 is 10.1 Å². The van der Waals surface area contributed by atoms with E-state index in [4.69, 9.17) is 4.74 Å². The maximum absolute atomic E-state index is 12.6. The van der Waals surface area contributed by atoms with Gasteiger partial charge in [0.15, 0.2) is 0 Å². The highest BCUT2D eigenvalue weighted by atomic mass is 32.2. The molecule has 0 saturated carbocycles. The first-order valence-electron chi connectivity index (χ1n) is 9.85. The van der Waals surface area contributed by atoms with Crippen molar-refractivity contribution in [3.05, 3.63) is 94.9 Å². The molecule has 8 nitrogen and oxygen atoms in total. The third-order valence-electron chi connectivity index (χ3n) is 4.63. The molecule has 2 aromatic heterocycles. The number of amides is 1. The third kappa shape index (κ3) is 5.25. The Kier molecular flexibility index (Phi) is 6.37. The number of rotatable bonds is 8. The topological polar surface area (TPSA) is 98.8 Å². The molecule has 0 spiro atoms. The van der Waals surface area contributed by atoms with Gasteiger partial charge in [-0.3, -0.25) is 14.9 Å². The van der Waals surface area contributed by atoms with Crippen molar-refractivity contribution in [2.45, 2.75) is 23.7 Å². The Balaban J connectivity index is 1.34. The maximum Gasteiger partial charge on any atom is 0.269 e. The Labute approximate surface area is 188 Å². The van der Waals surface area contributed by atoms with Crippen LogP contribution in [0.3, 0.4) is 0 Å². The number of nitro benzene ring substituents is 1. The molecule has 2 aromatic carbocycles. The summed E-state index contributed by atoms with van der Waals surface area (Å²) in [6.07, 6.45) is 3.84.